The molecule has 0 radical (unpaired) electrons. The smallest absolute Gasteiger partial charge is 0.262 e. The van der Waals surface area contributed by atoms with Crippen LogP contribution in [-0.2, 0) is 6.42 Å². The second-order valence-electron chi connectivity index (χ2n) is 5.92. The molecule has 0 aliphatic carbocycles. The fraction of sp³-hybridized carbons (Fsp3) is 0.611. The average Bonchev–Trinajstić information content (AvgIpc) is 3.07. The van der Waals surface area contributed by atoms with Gasteiger partial charge in [-0.1, -0.05) is 58.3 Å². The van der Waals surface area contributed by atoms with E-state index in [2.05, 4.69) is 12.3 Å². The molecule has 1 nitrogen and oxygen atoms in total. The number of rotatable bonds is 11. The topological polar surface area (TPSA) is 17.1 Å². The lowest BCUT2D eigenvalue weighted by Crippen LogP contribution is -1.85. The summed E-state index contributed by atoms with van der Waals surface area (Å²) in [6.45, 7) is 2.26. The quantitative estimate of drug-likeness (QED) is 0.302. The van der Waals surface area contributed by atoms with Gasteiger partial charge in [-0.25, -0.2) is 0 Å². The van der Waals surface area contributed by atoms with Gasteiger partial charge in [0.2, 0.25) is 0 Å². The summed E-state index contributed by atoms with van der Waals surface area (Å²) < 4.78 is 2.48. The highest BCUT2D eigenvalue weighted by molar-refractivity contribution is 7.28. The van der Waals surface area contributed by atoms with Gasteiger partial charge in [0.05, 0.1) is 4.88 Å². The molecule has 0 N–H and O–H groups in total. The molecule has 0 unspecified atom stereocenters. The fourth-order valence-corrected chi connectivity index (χ4v) is 5.22. The van der Waals surface area contributed by atoms with E-state index in [1.807, 2.05) is 6.07 Å². The first-order valence-corrected chi connectivity index (χ1v) is 10.5. The van der Waals surface area contributed by atoms with Crippen LogP contribution in [0.4, 0.5) is 0 Å². The largest absolute Gasteiger partial charge is 0.275 e. The highest BCUT2D eigenvalue weighted by atomic mass is 35.5. The molecule has 122 valence electrons. The number of fused-ring (bicyclic) bond motifs is 1. The minimum absolute atomic E-state index is 0.331. The highest BCUT2D eigenvalue weighted by Crippen LogP contribution is 2.35. The lowest BCUT2D eigenvalue weighted by atomic mass is 10.1. The molecule has 0 spiro atoms. The monoisotopic (exact) mass is 356 g/mol. The molecule has 0 aromatic carbocycles. The normalized spacial score (nSPS) is 11.4. The molecule has 2 aromatic rings. The second kappa shape index (κ2) is 9.69. The third kappa shape index (κ3) is 5.36. The van der Waals surface area contributed by atoms with Crippen LogP contribution in [0.15, 0.2) is 11.4 Å². The van der Waals surface area contributed by atoms with Crippen LogP contribution < -0.4 is 0 Å². The van der Waals surface area contributed by atoms with Gasteiger partial charge < -0.3 is 0 Å². The van der Waals surface area contributed by atoms with Crippen molar-refractivity contribution >= 4 is 48.9 Å². The summed E-state index contributed by atoms with van der Waals surface area (Å²) in [5.74, 6) is 0. The van der Waals surface area contributed by atoms with Gasteiger partial charge in [0, 0.05) is 9.40 Å². The first-order valence-electron chi connectivity index (χ1n) is 8.42. The molecule has 0 amide bonds. The maximum atomic E-state index is 11.2. The van der Waals surface area contributed by atoms with Gasteiger partial charge in [0.1, 0.15) is 0 Å². The Bertz CT molecular complexity index is 585. The number of carbonyl (C=O) groups excluding carboxylic acids is 1. The van der Waals surface area contributed by atoms with Crippen LogP contribution in [-0.4, -0.2) is 5.24 Å². The van der Waals surface area contributed by atoms with E-state index >= 15 is 0 Å². The van der Waals surface area contributed by atoms with E-state index in [1.54, 1.807) is 22.7 Å². The van der Waals surface area contributed by atoms with Gasteiger partial charge in [0.25, 0.3) is 5.24 Å². The molecular weight excluding hydrogens is 332 g/mol. The number of carbonyl (C=O) groups is 1. The molecule has 0 aliphatic heterocycles. The van der Waals surface area contributed by atoms with Gasteiger partial charge in [-0.05, 0) is 41.5 Å². The molecule has 4 heteroatoms. The number of halogens is 1. The molecule has 2 aromatic heterocycles. The van der Waals surface area contributed by atoms with Crippen molar-refractivity contribution in [2.24, 2.45) is 0 Å². The maximum Gasteiger partial charge on any atom is 0.262 e. The van der Waals surface area contributed by atoms with Crippen LogP contribution in [0.1, 0.15) is 79.9 Å². The zero-order valence-electron chi connectivity index (χ0n) is 13.3. The van der Waals surface area contributed by atoms with E-state index in [9.17, 15) is 4.79 Å². The number of aryl methyl sites for hydroxylation is 1. The summed E-state index contributed by atoms with van der Waals surface area (Å²) in [4.78, 5) is 11.9. The Balaban J connectivity index is 1.66. The van der Waals surface area contributed by atoms with Crippen LogP contribution in [0.3, 0.4) is 0 Å². The van der Waals surface area contributed by atoms with Crippen molar-refractivity contribution in [3.05, 3.63) is 21.9 Å². The van der Waals surface area contributed by atoms with Crippen LogP contribution in [0.2, 0.25) is 0 Å². The average molecular weight is 357 g/mol. The summed E-state index contributed by atoms with van der Waals surface area (Å²) in [7, 11) is 0. The summed E-state index contributed by atoms with van der Waals surface area (Å²) in [5, 5.41) is 1.91. The number of hydrogen-bond donors (Lipinski definition) is 0. The predicted molar refractivity (Wildman–Crippen MR) is 101 cm³/mol. The minimum Gasteiger partial charge on any atom is -0.275 e. The SMILES string of the molecule is CCCCCCCCCCCc1csc2cc(C(=O)Cl)sc12. The van der Waals surface area contributed by atoms with E-state index in [4.69, 9.17) is 11.6 Å². The number of thiophene rings is 2. The van der Waals surface area contributed by atoms with Crippen molar-refractivity contribution in [2.45, 2.75) is 71.1 Å². The Morgan fingerprint density at radius 3 is 2.32 bits per heavy atom. The van der Waals surface area contributed by atoms with Gasteiger partial charge in [-0.15, -0.1) is 22.7 Å². The lowest BCUT2D eigenvalue weighted by molar-refractivity contribution is 0.108. The fourth-order valence-electron chi connectivity index (χ4n) is 2.77. The first-order chi connectivity index (χ1) is 10.7. The summed E-state index contributed by atoms with van der Waals surface area (Å²) >= 11 is 8.85. The first kappa shape index (κ1) is 18.0. The van der Waals surface area contributed by atoms with Crippen LogP contribution in [0.5, 0.6) is 0 Å². The zero-order chi connectivity index (χ0) is 15.8. The summed E-state index contributed by atoms with van der Waals surface area (Å²) in [6.07, 6.45) is 13.4. The van der Waals surface area contributed by atoms with E-state index in [1.165, 1.54) is 72.8 Å². The van der Waals surface area contributed by atoms with Crippen molar-refractivity contribution in [1.29, 1.82) is 0 Å². The number of unbranched alkanes of at least 4 members (excludes halogenated alkanes) is 8. The Morgan fingerprint density at radius 2 is 1.68 bits per heavy atom. The molecule has 22 heavy (non-hydrogen) atoms. The van der Waals surface area contributed by atoms with Crippen molar-refractivity contribution in [2.75, 3.05) is 0 Å². The molecule has 0 fully saturated rings. The summed E-state index contributed by atoms with van der Waals surface area (Å²) in [6, 6.07) is 1.93. The van der Waals surface area contributed by atoms with E-state index in [0.29, 0.717) is 4.88 Å². The molecule has 0 bridgehead atoms. The standard InChI is InChI=1S/C18H25ClOS2/c1-2-3-4-5-6-7-8-9-10-11-14-13-21-15-12-16(18(19)20)22-17(14)15/h12-13H,2-11H2,1H3. The van der Waals surface area contributed by atoms with Crippen molar-refractivity contribution < 1.29 is 4.79 Å². The van der Waals surface area contributed by atoms with Crippen molar-refractivity contribution in [3.63, 3.8) is 0 Å². The Kier molecular flexibility index (Phi) is 7.91. The molecule has 0 atom stereocenters. The van der Waals surface area contributed by atoms with Gasteiger partial charge in [-0.2, -0.15) is 0 Å². The number of hydrogen-bond acceptors (Lipinski definition) is 3. The summed E-state index contributed by atoms with van der Waals surface area (Å²) in [5.41, 5.74) is 1.40. The third-order valence-corrected chi connectivity index (χ3v) is 6.69. The Labute approximate surface area is 146 Å². The van der Waals surface area contributed by atoms with E-state index < -0.39 is 0 Å². The van der Waals surface area contributed by atoms with Crippen molar-refractivity contribution in [3.8, 4) is 0 Å². The molecule has 2 heterocycles. The Morgan fingerprint density at radius 1 is 1.05 bits per heavy atom. The predicted octanol–water partition coefficient (Wildman–Crippen LogP) is 7.42. The molecule has 0 saturated carbocycles. The second-order valence-corrected chi connectivity index (χ2v) is 8.22. The van der Waals surface area contributed by atoms with E-state index in [-0.39, 0.29) is 5.24 Å². The van der Waals surface area contributed by atoms with E-state index in [0.717, 1.165) is 6.42 Å². The van der Waals surface area contributed by atoms with Crippen LogP contribution in [0, 0.1) is 0 Å². The molecule has 0 saturated heterocycles. The Hall–Kier alpha value is -0.380. The van der Waals surface area contributed by atoms with Gasteiger partial charge in [-0.3, -0.25) is 4.79 Å². The minimum atomic E-state index is -0.331. The maximum absolute atomic E-state index is 11.2. The third-order valence-electron chi connectivity index (χ3n) is 4.06. The van der Waals surface area contributed by atoms with Crippen LogP contribution in [0.25, 0.3) is 9.40 Å². The molecule has 2 rings (SSSR count). The van der Waals surface area contributed by atoms with Gasteiger partial charge >= 0.3 is 0 Å². The zero-order valence-corrected chi connectivity index (χ0v) is 15.7. The lowest BCUT2D eigenvalue weighted by Gasteiger charge is -2.01. The van der Waals surface area contributed by atoms with Crippen molar-refractivity contribution in [1.82, 2.24) is 0 Å². The molecule has 0 aliphatic rings. The molecular formula is C18H25ClOS2. The van der Waals surface area contributed by atoms with Gasteiger partial charge in [0.15, 0.2) is 0 Å². The highest BCUT2D eigenvalue weighted by Gasteiger charge is 2.12. The van der Waals surface area contributed by atoms with Crippen LogP contribution >= 0.6 is 34.3 Å².